The Kier molecular flexibility index (Phi) is 13.2. The molecule has 0 saturated heterocycles. The number of nitrogens with zero attached hydrogens (tertiary/aromatic N) is 3. The molecule has 4 aromatic carbocycles. The number of rotatable bonds is 7. The Bertz CT molecular complexity index is 2690. The molecule has 4 heterocycles. The molecule has 0 unspecified atom stereocenters. The molecule has 15 heteroatoms. The van der Waals surface area contributed by atoms with E-state index in [0.29, 0.717) is 5.65 Å². The van der Waals surface area contributed by atoms with Gasteiger partial charge in [0.2, 0.25) is 0 Å². The van der Waals surface area contributed by atoms with E-state index in [1.165, 1.54) is 34.9 Å². The Morgan fingerprint density at radius 1 is 0.585 bits per heavy atom. The van der Waals surface area contributed by atoms with Gasteiger partial charge in [-0.1, -0.05) is 96.3 Å². The van der Waals surface area contributed by atoms with E-state index in [1.807, 2.05) is 67.0 Å². The molecule has 0 bridgehead atoms. The lowest BCUT2D eigenvalue weighted by Crippen LogP contribution is -2.12. The van der Waals surface area contributed by atoms with E-state index in [4.69, 9.17) is 10.7 Å². The van der Waals surface area contributed by atoms with Crippen molar-refractivity contribution in [3.8, 4) is 0 Å². The van der Waals surface area contributed by atoms with Crippen LogP contribution in [-0.2, 0) is 19.1 Å². The Morgan fingerprint density at radius 3 is 1.57 bits per heavy atom. The molecule has 0 radical (unpaired) electrons. The number of nitrogens with one attached hydrogen (secondary N) is 1. The SMILES string of the molecule is Ic1c[nH]c2ncc(Sc3ccccc3)cc12.O=S(=O)(Cl)c1ccccc1.O=S(=O)(c1ccccc1)n1cc(I)c2cc(Sc3ccccc3)cnc21. The van der Waals surface area contributed by atoms with E-state index in [9.17, 15) is 16.8 Å². The summed E-state index contributed by atoms with van der Waals surface area (Å²) in [5.74, 6) is 0. The smallest absolute Gasteiger partial charge is 0.269 e. The fraction of sp³-hybridized carbons (Fsp3) is 0. The van der Waals surface area contributed by atoms with Crippen molar-refractivity contribution in [3.63, 3.8) is 0 Å². The highest BCUT2D eigenvalue weighted by Crippen LogP contribution is 2.33. The molecule has 0 fully saturated rings. The summed E-state index contributed by atoms with van der Waals surface area (Å²) in [5, 5.41) is 2.01. The van der Waals surface area contributed by atoms with Crippen molar-refractivity contribution < 1.29 is 16.8 Å². The third-order valence-corrected chi connectivity index (χ3v) is 14.0. The van der Waals surface area contributed by atoms with E-state index in [0.717, 1.165) is 24.4 Å². The third-order valence-electron chi connectivity index (χ3n) is 7.28. The average molecular weight is 1020 g/mol. The van der Waals surface area contributed by atoms with Crippen LogP contribution in [0.4, 0.5) is 0 Å². The first-order chi connectivity index (χ1) is 25.5. The molecule has 8 rings (SSSR count). The predicted molar refractivity (Wildman–Crippen MR) is 231 cm³/mol. The van der Waals surface area contributed by atoms with Gasteiger partial charge in [-0.15, -0.1) is 0 Å². The molecule has 8 aromatic rings. The van der Waals surface area contributed by atoms with E-state index in [-0.39, 0.29) is 9.79 Å². The largest absolute Gasteiger partial charge is 0.345 e. The van der Waals surface area contributed by atoms with Gasteiger partial charge in [0.05, 0.1) is 9.79 Å². The van der Waals surface area contributed by atoms with E-state index >= 15 is 0 Å². The van der Waals surface area contributed by atoms with Crippen LogP contribution in [0.25, 0.3) is 22.1 Å². The summed E-state index contributed by atoms with van der Waals surface area (Å²) in [6.07, 6.45) is 7.23. The maximum Gasteiger partial charge on any atom is 0.269 e. The fourth-order valence-electron chi connectivity index (χ4n) is 4.81. The molecule has 8 nitrogen and oxygen atoms in total. The zero-order chi connectivity index (χ0) is 37.4. The number of aromatic amines is 1. The highest BCUT2D eigenvalue weighted by Gasteiger charge is 2.21. The van der Waals surface area contributed by atoms with Crippen LogP contribution in [0.5, 0.6) is 0 Å². The molecule has 268 valence electrons. The summed E-state index contributed by atoms with van der Waals surface area (Å²) in [4.78, 5) is 16.9. The second-order valence-corrected chi connectivity index (χ2v) is 19.9. The third kappa shape index (κ3) is 10.2. The quantitative estimate of drug-likeness (QED) is 0.124. The van der Waals surface area contributed by atoms with Crippen LogP contribution >= 0.6 is 79.4 Å². The Labute approximate surface area is 347 Å². The monoisotopic (exact) mass is 1020 g/mol. The number of H-pyrrole nitrogens is 1. The van der Waals surface area contributed by atoms with Crippen LogP contribution in [0.2, 0.25) is 0 Å². The lowest BCUT2D eigenvalue weighted by molar-refractivity contribution is 0.588. The van der Waals surface area contributed by atoms with Crippen molar-refractivity contribution >= 4 is 121 Å². The van der Waals surface area contributed by atoms with E-state index in [1.54, 1.807) is 84.4 Å². The minimum atomic E-state index is -3.67. The molecule has 0 saturated carbocycles. The van der Waals surface area contributed by atoms with Crippen molar-refractivity contribution in [2.24, 2.45) is 0 Å². The van der Waals surface area contributed by atoms with Crippen molar-refractivity contribution in [3.05, 3.63) is 165 Å². The Balaban J connectivity index is 0.000000152. The Morgan fingerprint density at radius 2 is 1.06 bits per heavy atom. The highest BCUT2D eigenvalue weighted by atomic mass is 127. The standard InChI is InChI=1S/C19H13IN2O2S2.C13H9IN2S.C6H5ClO2S/c20-18-13-22(26(23,24)16-9-5-2-6-10-16)19-17(18)11-15(12-21-19)25-14-7-3-1-4-8-14;14-12-8-16-13-11(12)6-10(7-15-13)17-9-4-2-1-3-5-9;7-10(8,9)6-4-2-1-3-5-6/h1-13H;1-8H,(H,15,16);1-5H. The first-order valence-corrected chi connectivity index (χ1v) is 23.1. The normalized spacial score (nSPS) is 11.4. The maximum absolute atomic E-state index is 13.0. The first kappa shape index (κ1) is 39.3. The van der Waals surface area contributed by atoms with Crippen molar-refractivity contribution in [1.29, 1.82) is 0 Å². The second-order valence-electron chi connectivity index (χ2n) is 10.9. The number of hydrogen-bond acceptors (Lipinski definition) is 8. The van der Waals surface area contributed by atoms with Gasteiger partial charge in [-0.05, 0) is 106 Å². The van der Waals surface area contributed by atoms with Crippen molar-refractivity contribution in [2.75, 3.05) is 0 Å². The fourth-order valence-corrected chi connectivity index (χ4v) is 10.1. The zero-order valence-electron chi connectivity index (χ0n) is 27.3. The van der Waals surface area contributed by atoms with Crippen LogP contribution in [0.3, 0.4) is 0 Å². The molecule has 53 heavy (non-hydrogen) atoms. The molecule has 0 aliphatic carbocycles. The summed E-state index contributed by atoms with van der Waals surface area (Å²) >= 11 is 7.81. The number of benzene rings is 4. The molecule has 4 aromatic heterocycles. The molecule has 1 N–H and O–H groups in total. The topological polar surface area (TPSA) is 115 Å². The second kappa shape index (κ2) is 17.8. The van der Waals surface area contributed by atoms with Gasteiger partial charge < -0.3 is 4.98 Å². The van der Waals surface area contributed by atoms with Crippen molar-refractivity contribution in [1.82, 2.24) is 18.9 Å². The first-order valence-electron chi connectivity index (χ1n) is 15.5. The summed E-state index contributed by atoms with van der Waals surface area (Å²) in [7, 11) is -2.17. The zero-order valence-corrected chi connectivity index (χ0v) is 35.6. The summed E-state index contributed by atoms with van der Waals surface area (Å²) in [6.45, 7) is 0. The lowest BCUT2D eigenvalue weighted by atomic mass is 10.3. The molecule has 0 amide bonds. The van der Waals surface area contributed by atoms with Crippen LogP contribution in [0.1, 0.15) is 0 Å². The van der Waals surface area contributed by atoms with Gasteiger partial charge >= 0.3 is 0 Å². The summed E-state index contributed by atoms with van der Waals surface area (Å²) in [6, 6.07) is 40.8. The molecule has 0 spiro atoms. The summed E-state index contributed by atoms with van der Waals surface area (Å²) < 4.78 is 50.4. The van der Waals surface area contributed by atoms with Crippen LogP contribution in [0, 0.1) is 7.14 Å². The molecule has 0 atom stereocenters. The van der Waals surface area contributed by atoms with Gasteiger partial charge in [-0.3, -0.25) is 0 Å². The van der Waals surface area contributed by atoms with Gasteiger partial charge in [0, 0.05) is 73.0 Å². The van der Waals surface area contributed by atoms with Gasteiger partial charge in [-0.25, -0.2) is 30.8 Å². The Hall–Kier alpha value is -3.39. The summed E-state index contributed by atoms with van der Waals surface area (Å²) in [5.41, 5.74) is 1.39. The molecular weight excluding hydrogens is 994 g/mol. The minimum absolute atomic E-state index is 0.136. The minimum Gasteiger partial charge on any atom is -0.345 e. The number of aromatic nitrogens is 4. The van der Waals surface area contributed by atoms with Crippen molar-refractivity contribution in [2.45, 2.75) is 29.4 Å². The molecule has 0 aliphatic rings. The van der Waals surface area contributed by atoms with Gasteiger partial charge in [0.25, 0.3) is 19.1 Å². The molecular formula is C38H27ClI2N4O4S4. The van der Waals surface area contributed by atoms with E-state index < -0.39 is 19.1 Å². The van der Waals surface area contributed by atoms with Gasteiger partial charge in [0.15, 0.2) is 5.65 Å². The van der Waals surface area contributed by atoms with Crippen LogP contribution in [-0.4, -0.2) is 35.8 Å². The maximum atomic E-state index is 13.0. The number of fused-ring (bicyclic) bond motifs is 2. The predicted octanol–water partition coefficient (Wildman–Crippen LogP) is 11.0. The highest BCUT2D eigenvalue weighted by molar-refractivity contribution is 14.1. The van der Waals surface area contributed by atoms with Gasteiger partial charge in [0.1, 0.15) is 5.65 Å². The van der Waals surface area contributed by atoms with Crippen LogP contribution in [0.15, 0.2) is 188 Å². The molecule has 0 aliphatic heterocycles. The average Bonchev–Trinajstić information content (AvgIpc) is 3.72. The number of halogens is 3. The number of pyridine rings is 2. The van der Waals surface area contributed by atoms with Crippen LogP contribution < -0.4 is 0 Å². The van der Waals surface area contributed by atoms with Gasteiger partial charge in [-0.2, -0.15) is 0 Å². The number of hydrogen-bond donors (Lipinski definition) is 1. The van der Waals surface area contributed by atoms with E-state index in [2.05, 4.69) is 78.3 Å². The lowest BCUT2D eigenvalue weighted by Gasteiger charge is -2.07.